The lowest BCUT2D eigenvalue weighted by molar-refractivity contribution is -0.143. The third-order valence-corrected chi connectivity index (χ3v) is 4.46. The zero-order valence-electron chi connectivity index (χ0n) is 15.2. The first-order valence-corrected chi connectivity index (χ1v) is 8.79. The van der Waals surface area contributed by atoms with Crippen molar-refractivity contribution in [2.75, 3.05) is 26.8 Å². The van der Waals surface area contributed by atoms with E-state index in [9.17, 15) is 14.7 Å². The van der Waals surface area contributed by atoms with Gasteiger partial charge in [-0.15, -0.1) is 0 Å². The van der Waals surface area contributed by atoms with E-state index in [0.29, 0.717) is 36.6 Å². The number of carbonyl (C=O) groups excluding carboxylic acids is 1. The molecule has 0 aliphatic carbocycles. The first-order chi connectivity index (χ1) is 12.0. The summed E-state index contributed by atoms with van der Waals surface area (Å²) in [6.07, 6.45) is 2.59. The monoisotopic (exact) mass is 349 g/mol. The second kappa shape index (κ2) is 8.74. The lowest BCUT2D eigenvalue weighted by Gasteiger charge is -2.34. The van der Waals surface area contributed by atoms with Crippen LogP contribution in [0.25, 0.3) is 0 Å². The van der Waals surface area contributed by atoms with Crippen molar-refractivity contribution in [3.05, 3.63) is 23.8 Å². The minimum Gasteiger partial charge on any atom is -0.493 e. The van der Waals surface area contributed by atoms with Crippen LogP contribution in [-0.4, -0.2) is 48.7 Å². The number of ether oxygens (including phenoxy) is 2. The lowest BCUT2D eigenvalue weighted by Crippen LogP contribution is -2.45. The number of unbranched alkanes of at least 4 members (excludes halogenated alkanes) is 1. The summed E-state index contributed by atoms with van der Waals surface area (Å²) in [4.78, 5) is 25.7. The number of piperidine rings is 1. The molecule has 1 fully saturated rings. The molecule has 1 aliphatic rings. The number of benzene rings is 1. The number of rotatable bonds is 7. The molecular formula is C19H27NO5. The molecule has 0 radical (unpaired) electrons. The average Bonchev–Trinajstić information content (AvgIpc) is 2.60. The molecule has 1 saturated heterocycles. The van der Waals surface area contributed by atoms with Gasteiger partial charge in [0.25, 0.3) is 5.91 Å². The Bertz CT molecular complexity index is 616. The number of carbonyl (C=O) groups is 2. The van der Waals surface area contributed by atoms with Crippen molar-refractivity contribution >= 4 is 11.9 Å². The molecule has 0 bridgehead atoms. The minimum atomic E-state index is -0.846. The molecule has 1 aliphatic heterocycles. The highest BCUT2D eigenvalue weighted by atomic mass is 16.5. The van der Waals surface area contributed by atoms with Crippen molar-refractivity contribution in [1.29, 1.82) is 0 Å². The molecule has 6 nitrogen and oxygen atoms in total. The second-order valence-electron chi connectivity index (χ2n) is 6.65. The number of hydrogen-bond acceptors (Lipinski definition) is 4. The predicted octanol–water partition coefficient (Wildman–Crippen LogP) is 3.06. The summed E-state index contributed by atoms with van der Waals surface area (Å²) in [5, 5.41) is 9.27. The van der Waals surface area contributed by atoms with E-state index in [0.717, 1.165) is 12.8 Å². The Morgan fingerprint density at radius 2 is 2.04 bits per heavy atom. The van der Waals surface area contributed by atoms with Gasteiger partial charge in [0.15, 0.2) is 11.5 Å². The zero-order chi connectivity index (χ0) is 18.4. The summed E-state index contributed by atoms with van der Waals surface area (Å²) < 4.78 is 11.0. The fourth-order valence-corrected chi connectivity index (χ4v) is 3.13. The van der Waals surface area contributed by atoms with Crippen molar-refractivity contribution in [3.8, 4) is 11.5 Å². The highest BCUT2D eigenvalue weighted by Crippen LogP contribution is 2.30. The SMILES string of the molecule is CCCCOc1ccc(C(=O)N2CC(C)CC(C(=O)O)C2)cc1OC. The van der Waals surface area contributed by atoms with Gasteiger partial charge in [-0.25, -0.2) is 0 Å². The molecule has 0 aromatic heterocycles. The smallest absolute Gasteiger partial charge is 0.308 e. The number of carboxylic acids is 1. The fourth-order valence-electron chi connectivity index (χ4n) is 3.13. The van der Waals surface area contributed by atoms with E-state index in [4.69, 9.17) is 9.47 Å². The zero-order valence-corrected chi connectivity index (χ0v) is 15.2. The first kappa shape index (κ1) is 19.1. The van der Waals surface area contributed by atoms with Crippen molar-refractivity contribution < 1.29 is 24.2 Å². The molecule has 6 heteroatoms. The lowest BCUT2D eigenvalue weighted by atomic mass is 9.90. The molecule has 25 heavy (non-hydrogen) atoms. The van der Waals surface area contributed by atoms with Crippen molar-refractivity contribution in [2.45, 2.75) is 33.1 Å². The van der Waals surface area contributed by atoms with E-state index in [2.05, 4.69) is 6.92 Å². The van der Waals surface area contributed by atoms with E-state index in [1.165, 1.54) is 0 Å². The summed E-state index contributed by atoms with van der Waals surface area (Å²) >= 11 is 0. The van der Waals surface area contributed by atoms with E-state index in [1.807, 2.05) is 6.92 Å². The van der Waals surface area contributed by atoms with Gasteiger partial charge in [-0.2, -0.15) is 0 Å². The molecule has 1 aromatic rings. The van der Waals surface area contributed by atoms with Crippen molar-refractivity contribution in [2.24, 2.45) is 11.8 Å². The van der Waals surface area contributed by atoms with Crippen LogP contribution in [0.1, 0.15) is 43.5 Å². The summed E-state index contributed by atoms with van der Waals surface area (Å²) in [7, 11) is 1.54. The van der Waals surface area contributed by atoms with E-state index < -0.39 is 11.9 Å². The third-order valence-electron chi connectivity index (χ3n) is 4.46. The van der Waals surface area contributed by atoms with Crippen LogP contribution in [-0.2, 0) is 4.79 Å². The average molecular weight is 349 g/mol. The van der Waals surface area contributed by atoms with Gasteiger partial charge < -0.3 is 19.5 Å². The molecule has 138 valence electrons. The summed E-state index contributed by atoms with van der Waals surface area (Å²) in [6.45, 7) is 5.48. The van der Waals surface area contributed by atoms with E-state index in [1.54, 1.807) is 30.2 Å². The Morgan fingerprint density at radius 3 is 2.68 bits per heavy atom. The van der Waals surface area contributed by atoms with Crippen LogP contribution < -0.4 is 9.47 Å². The minimum absolute atomic E-state index is 0.164. The standard InChI is InChI=1S/C19H27NO5/c1-4-5-8-25-16-7-6-14(10-17(16)24-3)18(21)20-11-13(2)9-15(12-20)19(22)23/h6-7,10,13,15H,4-5,8-9,11-12H2,1-3H3,(H,22,23). The summed E-state index contributed by atoms with van der Waals surface area (Å²) in [6, 6.07) is 5.11. The van der Waals surface area contributed by atoms with Gasteiger partial charge in [0.05, 0.1) is 19.6 Å². The summed E-state index contributed by atoms with van der Waals surface area (Å²) in [5.41, 5.74) is 0.484. The normalized spacial score (nSPS) is 20.2. The molecule has 1 amide bonds. The van der Waals surface area contributed by atoms with E-state index >= 15 is 0 Å². The Labute approximate surface area is 148 Å². The van der Waals surface area contributed by atoms with Gasteiger partial charge in [-0.05, 0) is 37.0 Å². The van der Waals surface area contributed by atoms with Crippen LogP contribution >= 0.6 is 0 Å². The van der Waals surface area contributed by atoms with Crippen LogP contribution in [0.5, 0.6) is 11.5 Å². The molecule has 0 saturated carbocycles. The van der Waals surface area contributed by atoms with Gasteiger partial charge in [-0.1, -0.05) is 20.3 Å². The van der Waals surface area contributed by atoms with Crippen LogP contribution in [0.2, 0.25) is 0 Å². The Kier molecular flexibility index (Phi) is 6.67. The first-order valence-electron chi connectivity index (χ1n) is 8.79. The van der Waals surface area contributed by atoms with Gasteiger partial charge in [-0.3, -0.25) is 9.59 Å². The molecule has 2 rings (SSSR count). The molecule has 1 N–H and O–H groups in total. The number of likely N-dealkylation sites (tertiary alicyclic amines) is 1. The maximum atomic E-state index is 12.8. The number of methoxy groups -OCH3 is 1. The number of hydrogen-bond donors (Lipinski definition) is 1. The van der Waals surface area contributed by atoms with Gasteiger partial charge in [0.1, 0.15) is 0 Å². The summed E-state index contributed by atoms with van der Waals surface area (Å²) in [5.74, 6) is -0.230. The van der Waals surface area contributed by atoms with Gasteiger partial charge in [0.2, 0.25) is 0 Å². The largest absolute Gasteiger partial charge is 0.493 e. The Hall–Kier alpha value is -2.24. The van der Waals surface area contributed by atoms with Crippen LogP contribution in [0, 0.1) is 11.8 Å². The topological polar surface area (TPSA) is 76.1 Å². The van der Waals surface area contributed by atoms with Crippen molar-refractivity contribution in [1.82, 2.24) is 4.90 Å². The third kappa shape index (κ3) is 4.87. The predicted molar refractivity (Wildman–Crippen MR) is 94.2 cm³/mol. The molecule has 2 unspecified atom stereocenters. The highest BCUT2D eigenvalue weighted by molar-refractivity contribution is 5.95. The number of nitrogens with zero attached hydrogens (tertiary/aromatic N) is 1. The fraction of sp³-hybridized carbons (Fsp3) is 0.579. The van der Waals surface area contributed by atoms with Crippen LogP contribution in [0.3, 0.4) is 0 Å². The molecule has 0 spiro atoms. The van der Waals surface area contributed by atoms with Crippen molar-refractivity contribution in [3.63, 3.8) is 0 Å². The van der Waals surface area contributed by atoms with Gasteiger partial charge in [0, 0.05) is 18.7 Å². The number of aliphatic carboxylic acids is 1. The molecule has 1 aromatic carbocycles. The quantitative estimate of drug-likeness (QED) is 0.766. The number of carboxylic acid groups (broad SMARTS) is 1. The maximum Gasteiger partial charge on any atom is 0.308 e. The van der Waals surface area contributed by atoms with Crippen LogP contribution in [0.4, 0.5) is 0 Å². The second-order valence-corrected chi connectivity index (χ2v) is 6.65. The highest BCUT2D eigenvalue weighted by Gasteiger charge is 2.32. The molecule has 2 atom stereocenters. The van der Waals surface area contributed by atoms with Gasteiger partial charge >= 0.3 is 5.97 Å². The van der Waals surface area contributed by atoms with Crippen LogP contribution in [0.15, 0.2) is 18.2 Å². The Balaban J connectivity index is 2.14. The van der Waals surface area contributed by atoms with E-state index in [-0.39, 0.29) is 18.4 Å². The Morgan fingerprint density at radius 1 is 1.28 bits per heavy atom. The molecule has 1 heterocycles. The molecular weight excluding hydrogens is 322 g/mol. The maximum absolute atomic E-state index is 12.8. The number of amides is 1.